The molecule has 3 heteroatoms. The second kappa shape index (κ2) is 6.75. The normalized spacial score (nSPS) is 12.1. The van der Waals surface area contributed by atoms with Crippen molar-refractivity contribution < 1.29 is 4.79 Å². The Kier molecular flexibility index (Phi) is 5.58. The van der Waals surface area contributed by atoms with Gasteiger partial charge in [0.05, 0.1) is 5.25 Å². The molecule has 1 aromatic carbocycles. The molecule has 0 fully saturated rings. The Morgan fingerprint density at radius 2 is 2.13 bits per heavy atom. The summed E-state index contributed by atoms with van der Waals surface area (Å²) in [6, 6.07) is 9.96. The van der Waals surface area contributed by atoms with Gasteiger partial charge >= 0.3 is 0 Å². The molecule has 80 valence electrons. The van der Waals surface area contributed by atoms with Gasteiger partial charge < -0.3 is 0 Å². The zero-order valence-electron chi connectivity index (χ0n) is 8.68. The summed E-state index contributed by atoms with van der Waals surface area (Å²) >= 11 is 2.67. The largest absolute Gasteiger partial charge is 0.274 e. The Morgan fingerprint density at radius 1 is 1.47 bits per heavy atom. The Balaban J connectivity index is 2.65. The Bertz CT molecular complexity index is 322. The SMILES string of the molecule is C=C[C@@H](SC(=O)SCC)c1ccccc1. The predicted molar refractivity (Wildman–Crippen MR) is 70.5 cm³/mol. The van der Waals surface area contributed by atoms with Crippen LogP contribution < -0.4 is 0 Å². The highest BCUT2D eigenvalue weighted by atomic mass is 32.2. The van der Waals surface area contributed by atoms with Crippen molar-refractivity contribution in [3.63, 3.8) is 0 Å². The van der Waals surface area contributed by atoms with Crippen LogP contribution in [0.2, 0.25) is 0 Å². The van der Waals surface area contributed by atoms with Crippen LogP contribution >= 0.6 is 23.5 Å². The van der Waals surface area contributed by atoms with Gasteiger partial charge in [0.1, 0.15) is 0 Å². The lowest BCUT2D eigenvalue weighted by atomic mass is 10.1. The standard InChI is InChI=1S/C12H14OS2/c1-3-11(15-12(13)14-4-2)10-8-6-5-7-9-10/h3,5-9,11H,1,4H2,2H3/t11-/m1/s1. The van der Waals surface area contributed by atoms with Crippen LogP contribution in [0.25, 0.3) is 0 Å². The minimum atomic E-state index is 0.0674. The molecule has 0 amide bonds. The summed E-state index contributed by atoms with van der Waals surface area (Å²) in [5.41, 5.74) is 1.13. The molecule has 15 heavy (non-hydrogen) atoms. The Labute approximate surface area is 99.3 Å². The third-order valence-electron chi connectivity index (χ3n) is 1.83. The maximum Gasteiger partial charge on any atom is 0.246 e. The molecule has 0 aromatic heterocycles. The van der Waals surface area contributed by atoms with Gasteiger partial charge in [-0.25, -0.2) is 0 Å². The van der Waals surface area contributed by atoms with E-state index in [1.54, 1.807) is 0 Å². The third-order valence-corrected chi connectivity index (χ3v) is 3.91. The fourth-order valence-electron chi connectivity index (χ4n) is 1.15. The monoisotopic (exact) mass is 238 g/mol. The third kappa shape index (κ3) is 4.14. The van der Waals surface area contributed by atoms with Crippen LogP contribution in [0.5, 0.6) is 0 Å². The molecule has 1 atom stereocenters. The van der Waals surface area contributed by atoms with Gasteiger partial charge in [-0.2, -0.15) is 0 Å². The lowest BCUT2D eigenvalue weighted by Gasteiger charge is -2.10. The molecule has 0 radical (unpaired) electrons. The average Bonchev–Trinajstić information content (AvgIpc) is 2.27. The fourth-order valence-corrected chi connectivity index (χ4v) is 2.92. The molecule has 0 aliphatic carbocycles. The lowest BCUT2D eigenvalue weighted by molar-refractivity contribution is 0.276. The molecule has 0 saturated carbocycles. The number of carbonyl (C=O) groups is 1. The average molecular weight is 238 g/mol. The summed E-state index contributed by atoms with van der Waals surface area (Å²) in [4.78, 5) is 11.5. The van der Waals surface area contributed by atoms with Crippen LogP contribution in [0, 0.1) is 0 Å². The highest BCUT2D eigenvalue weighted by molar-refractivity contribution is 8.38. The van der Waals surface area contributed by atoms with Gasteiger partial charge in [-0.15, -0.1) is 6.58 Å². The molecule has 0 saturated heterocycles. The van der Waals surface area contributed by atoms with E-state index < -0.39 is 0 Å². The molecular weight excluding hydrogens is 224 g/mol. The van der Waals surface area contributed by atoms with E-state index in [9.17, 15) is 4.79 Å². The summed E-state index contributed by atoms with van der Waals surface area (Å²) in [7, 11) is 0. The zero-order valence-corrected chi connectivity index (χ0v) is 10.3. The molecular formula is C12H14OS2. The van der Waals surface area contributed by atoms with Gasteiger partial charge in [0, 0.05) is 0 Å². The lowest BCUT2D eigenvalue weighted by Crippen LogP contribution is -1.93. The Morgan fingerprint density at radius 3 is 2.67 bits per heavy atom. The van der Waals surface area contributed by atoms with Crippen LogP contribution in [0.3, 0.4) is 0 Å². The molecule has 1 aromatic rings. The summed E-state index contributed by atoms with van der Waals surface area (Å²) in [6.45, 7) is 5.75. The van der Waals surface area contributed by atoms with Gasteiger partial charge in [-0.05, 0) is 11.3 Å². The predicted octanol–water partition coefficient (Wildman–Crippen LogP) is 4.52. The smallest absolute Gasteiger partial charge is 0.246 e. The van der Waals surface area contributed by atoms with Gasteiger partial charge in [-0.3, -0.25) is 4.79 Å². The highest BCUT2D eigenvalue weighted by Gasteiger charge is 2.12. The van der Waals surface area contributed by atoms with E-state index in [0.29, 0.717) is 0 Å². The van der Waals surface area contributed by atoms with Gasteiger partial charge in [-0.1, -0.05) is 66.9 Å². The minimum absolute atomic E-state index is 0.0674. The molecule has 0 unspecified atom stereocenters. The van der Waals surface area contributed by atoms with Crippen molar-refractivity contribution in [2.24, 2.45) is 0 Å². The van der Waals surface area contributed by atoms with Crippen LogP contribution in [0.15, 0.2) is 43.0 Å². The van der Waals surface area contributed by atoms with Gasteiger partial charge in [0.15, 0.2) is 0 Å². The number of thioether (sulfide) groups is 2. The molecule has 0 aliphatic rings. The van der Waals surface area contributed by atoms with Crippen molar-refractivity contribution in [2.45, 2.75) is 12.2 Å². The maximum absolute atomic E-state index is 11.5. The molecule has 0 aliphatic heterocycles. The van der Waals surface area contributed by atoms with Gasteiger partial charge in [0.25, 0.3) is 0 Å². The van der Waals surface area contributed by atoms with E-state index >= 15 is 0 Å². The molecule has 1 nitrogen and oxygen atoms in total. The van der Waals surface area contributed by atoms with Crippen LogP contribution in [0.1, 0.15) is 17.7 Å². The molecule has 0 N–H and O–H groups in total. The van der Waals surface area contributed by atoms with Crippen molar-refractivity contribution in [3.8, 4) is 0 Å². The first kappa shape index (κ1) is 12.4. The van der Waals surface area contributed by atoms with E-state index in [-0.39, 0.29) is 9.70 Å². The van der Waals surface area contributed by atoms with E-state index in [1.807, 2.05) is 43.3 Å². The summed E-state index contributed by atoms with van der Waals surface area (Å²) in [6.07, 6.45) is 1.81. The van der Waals surface area contributed by atoms with E-state index in [1.165, 1.54) is 23.5 Å². The first-order valence-corrected chi connectivity index (χ1v) is 6.65. The molecule has 0 spiro atoms. The van der Waals surface area contributed by atoms with E-state index in [0.717, 1.165) is 11.3 Å². The fraction of sp³-hybridized carbons (Fsp3) is 0.250. The number of rotatable bonds is 4. The number of hydrogen-bond acceptors (Lipinski definition) is 3. The van der Waals surface area contributed by atoms with Crippen molar-refractivity contribution in [3.05, 3.63) is 48.6 Å². The van der Waals surface area contributed by atoms with Crippen molar-refractivity contribution in [1.29, 1.82) is 0 Å². The van der Waals surface area contributed by atoms with Gasteiger partial charge in [0.2, 0.25) is 4.45 Å². The number of hydrogen-bond donors (Lipinski definition) is 0. The number of carbonyl (C=O) groups excluding carboxylic acids is 1. The van der Waals surface area contributed by atoms with Crippen LogP contribution in [-0.4, -0.2) is 10.2 Å². The quantitative estimate of drug-likeness (QED) is 0.718. The Hall–Kier alpha value is -0.670. The first-order valence-electron chi connectivity index (χ1n) is 4.78. The van der Waals surface area contributed by atoms with E-state index in [2.05, 4.69) is 6.58 Å². The highest BCUT2D eigenvalue weighted by Crippen LogP contribution is 2.33. The number of benzene rings is 1. The second-order valence-corrected chi connectivity index (χ2v) is 5.48. The first-order chi connectivity index (χ1) is 7.27. The van der Waals surface area contributed by atoms with Crippen molar-refractivity contribution in [1.82, 2.24) is 0 Å². The molecule has 0 bridgehead atoms. The summed E-state index contributed by atoms with van der Waals surface area (Å²) < 4.78 is 0.159. The summed E-state index contributed by atoms with van der Waals surface area (Å²) in [5.74, 6) is 0.824. The second-order valence-electron chi connectivity index (χ2n) is 2.87. The maximum atomic E-state index is 11.5. The molecule has 0 heterocycles. The zero-order chi connectivity index (χ0) is 11.1. The molecule has 1 rings (SSSR count). The summed E-state index contributed by atoms with van der Waals surface area (Å²) in [5, 5.41) is 0.0674. The van der Waals surface area contributed by atoms with Crippen molar-refractivity contribution >= 4 is 28.0 Å². The van der Waals surface area contributed by atoms with E-state index in [4.69, 9.17) is 0 Å². The topological polar surface area (TPSA) is 17.1 Å². The van der Waals surface area contributed by atoms with Crippen LogP contribution in [0.4, 0.5) is 4.79 Å². The van der Waals surface area contributed by atoms with Crippen molar-refractivity contribution in [2.75, 3.05) is 5.75 Å². The minimum Gasteiger partial charge on any atom is -0.274 e. The van der Waals surface area contributed by atoms with Crippen LogP contribution in [-0.2, 0) is 0 Å².